The van der Waals surface area contributed by atoms with Crippen molar-refractivity contribution in [3.05, 3.63) is 135 Å². The van der Waals surface area contributed by atoms with E-state index in [9.17, 15) is 24.1 Å². The Morgan fingerprint density at radius 3 is 2.51 bits per heavy atom. The Kier molecular flexibility index (Phi) is 7.69. The highest BCUT2D eigenvalue weighted by Crippen LogP contribution is 2.46. The van der Waals surface area contributed by atoms with Gasteiger partial charge in [0, 0.05) is 40.3 Å². The smallest absolute Gasteiger partial charge is 0.274 e. The normalized spacial score (nSPS) is 14.8. The maximum Gasteiger partial charge on any atom is 0.274 e. The fourth-order valence-electron chi connectivity index (χ4n) is 4.51. The van der Waals surface area contributed by atoms with Crippen LogP contribution in [0.4, 0.5) is 15.8 Å². The lowest BCUT2D eigenvalue weighted by Crippen LogP contribution is -2.30. The highest BCUT2D eigenvalue weighted by atomic mass is 32.2. The van der Waals surface area contributed by atoms with Crippen molar-refractivity contribution in [2.45, 2.75) is 29.7 Å². The lowest BCUT2D eigenvalue weighted by Gasteiger charge is -2.22. The van der Waals surface area contributed by atoms with Crippen molar-refractivity contribution in [3.63, 3.8) is 0 Å². The molecule has 7 nitrogen and oxygen atoms in total. The van der Waals surface area contributed by atoms with Crippen LogP contribution in [-0.4, -0.2) is 16.7 Å². The molecular weight excluding hydrogens is 517 g/mol. The van der Waals surface area contributed by atoms with Crippen molar-refractivity contribution in [2.24, 2.45) is 0 Å². The van der Waals surface area contributed by atoms with Gasteiger partial charge in [-0.15, -0.1) is 11.8 Å². The number of amides is 2. The predicted octanol–water partition coefficient (Wildman–Crippen LogP) is 6.43. The van der Waals surface area contributed by atoms with E-state index in [1.165, 1.54) is 18.2 Å². The van der Waals surface area contributed by atoms with Gasteiger partial charge in [0.2, 0.25) is 5.91 Å². The first-order valence-corrected chi connectivity index (χ1v) is 13.2. The summed E-state index contributed by atoms with van der Waals surface area (Å²) in [5, 5.41) is 14.1. The van der Waals surface area contributed by atoms with Crippen molar-refractivity contribution < 1.29 is 18.9 Å². The lowest BCUT2D eigenvalue weighted by molar-refractivity contribution is -0.385. The molecule has 9 heteroatoms. The number of benzene rings is 4. The number of hydrogen-bond donors (Lipinski definition) is 1. The van der Waals surface area contributed by atoms with E-state index in [-0.39, 0.29) is 48.1 Å². The summed E-state index contributed by atoms with van der Waals surface area (Å²) in [7, 11) is 0. The molecule has 4 aromatic rings. The van der Waals surface area contributed by atoms with Gasteiger partial charge in [0.1, 0.15) is 5.82 Å². The first-order valence-electron chi connectivity index (χ1n) is 12.3. The van der Waals surface area contributed by atoms with Gasteiger partial charge in [0.25, 0.3) is 11.6 Å². The quantitative estimate of drug-likeness (QED) is 0.215. The summed E-state index contributed by atoms with van der Waals surface area (Å²) in [5.41, 5.74) is 3.15. The van der Waals surface area contributed by atoms with Crippen LogP contribution in [0, 0.1) is 15.9 Å². The first kappa shape index (κ1) is 26.1. The third-order valence-electron chi connectivity index (χ3n) is 6.49. The molecule has 0 aromatic heterocycles. The monoisotopic (exact) mass is 541 g/mol. The molecule has 0 saturated heterocycles. The maximum atomic E-state index is 13.5. The minimum absolute atomic E-state index is 0.0255. The molecule has 0 bridgehead atoms. The molecule has 0 saturated carbocycles. The number of nitro benzene ring substituents is 1. The Morgan fingerprint density at radius 1 is 1.00 bits per heavy atom. The molecular formula is C30H24FN3O4S. The summed E-state index contributed by atoms with van der Waals surface area (Å²) in [5.74, 6) is -0.785. The van der Waals surface area contributed by atoms with E-state index < -0.39 is 4.92 Å². The molecule has 39 heavy (non-hydrogen) atoms. The summed E-state index contributed by atoms with van der Waals surface area (Å²) >= 11 is 1.55. The van der Waals surface area contributed by atoms with E-state index >= 15 is 0 Å². The number of nitrogens with one attached hydrogen (secondary N) is 1. The standard InChI is InChI=1S/C30H24FN3O4S/c31-24-8-5-6-20(16-24)18-32-30(36)22-14-12-21(13-15-22)28-17-29(35)33(26-10-3-4-11-27(26)39-28)19-23-7-1-2-9-25(23)34(37)38/h1-16,28H,17-19H2,(H,32,36). The molecule has 1 unspecified atom stereocenters. The number of hydrogen-bond acceptors (Lipinski definition) is 5. The first-order chi connectivity index (χ1) is 18.9. The average Bonchev–Trinajstić information content (AvgIpc) is 3.08. The van der Waals surface area contributed by atoms with Crippen LogP contribution in [-0.2, 0) is 17.9 Å². The van der Waals surface area contributed by atoms with E-state index in [4.69, 9.17) is 0 Å². The molecule has 0 fully saturated rings. The molecule has 1 heterocycles. The van der Waals surface area contributed by atoms with Crippen LogP contribution in [0.1, 0.15) is 38.7 Å². The van der Waals surface area contributed by atoms with E-state index in [2.05, 4.69) is 5.32 Å². The van der Waals surface area contributed by atoms with Crippen LogP contribution < -0.4 is 10.2 Å². The van der Waals surface area contributed by atoms with Crippen molar-refractivity contribution in [2.75, 3.05) is 4.90 Å². The van der Waals surface area contributed by atoms with Crippen LogP contribution in [0.2, 0.25) is 0 Å². The van der Waals surface area contributed by atoms with Crippen molar-refractivity contribution in [3.8, 4) is 0 Å². The Morgan fingerprint density at radius 2 is 1.74 bits per heavy atom. The molecule has 5 rings (SSSR count). The number of rotatable bonds is 7. The Hall–Kier alpha value is -4.50. The van der Waals surface area contributed by atoms with Crippen LogP contribution in [0.3, 0.4) is 0 Å². The second kappa shape index (κ2) is 11.5. The van der Waals surface area contributed by atoms with Crippen LogP contribution >= 0.6 is 11.8 Å². The van der Waals surface area contributed by atoms with Crippen molar-refractivity contribution in [1.29, 1.82) is 0 Å². The number of carbonyl (C=O) groups is 2. The van der Waals surface area contributed by atoms with E-state index in [0.29, 0.717) is 22.4 Å². The Bertz CT molecular complexity index is 1540. The summed E-state index contributed by atoms with van der Waals surface area (Å²) in [6, 6.07) is 27.1. The zero-order valence-electron chi connectivity index (χ0n) is 20.7. The van der Waals surface area contributed by atoms with E-state index in [1.54, 1.807) is 59.1 Å². The van der Waals surface area contributed by atoms with Crippen LogP contribution in [0.15, 0.2) is 102 Å². The van der Waals surface area contributed by atoms with E-state index in [0.717, 1.165) is 10.5 Å². The number of thioether (sulfide) groups is 1. The fraction of sp³-hybridized carbons (Fsp3) is 0.133. The molecule has 2 amide bonds. The second-order valence-electron chi connectivity index (χ2n) is 9.08. The molecule has 1 aliphatic rings. The minimum Gasteiger partial charge on any atom is -0.348 e. The van der Waals surface area contributed by atoms with Gasteiger partial charge < -0.3 is 10.2 Å². The van der Waals surface area contributed by atoms with Gasteiger partial charge in [-0.2, -0.15) is 0 Å². The zero-order chi connectivity index (χ0) is 27.4. The fourth-order valence-corrected chi connectivity index (χ4v) is 5.79. The Balaban J connectivity index is 1.34. The minimum atomic E-state index is -0.434. The maximum absolute atomic E-state index is 13.5. The number of nitro groups is 1. The number of carbonyl (C=O) groups excluding carboxylic acids is 2. The lowest BCUT2D eigenvalue weighted by atomic mass is 10.1. The summed E-state index contributed by atoms with van der Waals surface area (Å²) in [6.07, 6.45) is 0.186. The van der Waals surface area contributed by atoms with Crippen LogP contribution in [0.25, 0.3) is 0 Å². The van der Waals surface area contributed by atoms with Crippen LogP contribution in [0.5, 0.6) is 0 Å². The SMILES string of the molecule is O=C(NCc1cccc(F)c1)c1ccc(C2CC(=O)N(Cc3ccccc3[N+](=O)[O-])c3ccccc3S2)cc1. The number of nitrogens with zero attached hydrogens (tertiary/aromatic N) is 2. The van der Waals surface area contributed by atoms with Gasteiger partial charge >= 0.3 is 0 Å². The molecule has 1 atom stereocenters. The van der Waals surface area contributed by atoms with Gasteiger partial charge in [-0.05, 0) is 47.5 Å². The number of para-hydroxylation sites is 2. The highest BCUT2D eigenvalue weighted by Gasteiger charge is 2.30. The van der Waals surface area contributed by atoms with E-state index in [1.807, 2.05) is 36.4 Å². The predicted molar refractivity (Wildman–Crippen MR) is 148 cm³/mol. The van der Waals surface area contributed by atoms with Gasteiger partial charge in [-0.1, -0.05) is 54.6 Å². The number of anilines is 1. The van der Waals surface area contributed by atoms with Gasteiger partial charge in [0.05, 0.1) is 17.2 Å². The molecule has 1 aliphatic heterocycles. The summed E-state index contributed by atoms with van der Waals surface area (Å²) in [6.45, 7) is 0.294. The molecule has 4 aromatic carbocycles. The summed E-state index contributed by atoms with van der Waals surface area (Å²) < 4.78 is 13.4. The molecule has 196 valence electrons. The number of fused-ring (bicyclic) bond motifs is 1. The number of halogens is 1. The molecule has 0 radical (unpaired) electrons. The van der Waals surface area contributed by atoms with Gasteiger partial charge in [-0.3, -0.25) is 19.7 Å². The zero-order valence-corrected chi connectivity index (χ0v) is 21.6. The largest absolute Gasteiger partial charge is 0.348 e. The third-order valence-corrected chi connectivity index (χ3v) is 7.81. The topological polar surface area (TPSA) is 92.6 Å². The highest BCUT2D eigenvalue weighted by molar-refractivity contribution is 7.99. The van der Waals surface area contributed by atoms with Crippen molar-refractivity contribution in [1.82, 2.24) is 5.32 Å². The average molecular weight is 542 g/mol. The van der Waals surface area contributed by atoms with Gasteiger partial charge in [-0.25, -0.2) is 4.39 Å². The molecule has 1 N–H and O–H groups in total. The summed E-state index contributed by atoms with van der Waals surface area (Å²) in [4.78, 5) is 39.8. The van der Waals surface area contributed by atoms with Crippen molar-refractivity contribution >= 4 is 35.0 Å². The van der Waals surface area contributed by atoms with Gasteiger partial charge in [0.15, 0.2) is 0 Å². The molecule has 0 aliphatic carbocycles. The third kappa shape index (κ3) is 5.99. The molecule has 0 spiro atoms. The second-order valence-corrected chi connectivity index (χ2v) is 10.3. The Labute approximate surface area is 228 Å².